The van der Waals surface area contributed by atoms with Crippen LogP contribution in [0.5, 0.6) is 0 Å². The number of nitrogens with zero attached hydrogens (tertiary/aromatic N) is 3. The maximum atomic E-state index is 12.5. The van der Waals surface area contributed by atoms with Crippen LogP contribution in [0.2, 0.25) is 0 Å². The van der Waals surface area contributed by atoms with E-state index in [1.54, 1.807) is 30.9 Å². The van der Waals surface area contributed by atoms with Gasteiger partial charge in [0.1, 0.15) is 0 Å². The Bertz CT molecular complexity index is 916. The molecule has 0 atom stereocenters. The predicted octanol–water partition coefficient (Wildman–Crippen LogP) is 3.07. The van der Waals surface area contributed by atoms with Crippen molar-refractivity contribution < 1.29 is 0 Å². The van der Waals surface area contributed by atoms with E-state index >= 15 is 0 Å². The molecule has 2 aromatic heterocycles. The van der Waals surface area contributed by atoms with Crippen LogP contribution < -0.4 is 10.9 Å². The average molecular weight is 320 g/mol. The van der Waals surface area contributed by atoms with Gasteiger partial charge in [-0.1, -0.05) is 24.3 Å². The Morgan fingerprint density at radius 3 is 2.50 bits per heavy atom. The topological polar surface area (TPSA) is 59.8 Å². The Morgan fingerprint density at radius 1 is 1.08 bits per heavy atom. The molecular formula is C19H20N4O. The van der Waals surface area contributed by atoms with Crippen LogP contribution in [0.1, 0.15) is 16.7 Å². The summed E-state index contributed by atoms with van der Waals surface area (Å²) in [7, 11) is 1.73. The standard InChI is InChI=1S/C19H20N4O/c1-13-6-4-5-7-16(13)12-21-19-22-17(14(2)18(24)23(19)3)15-8-10-20-11-9-15/h4-11H,12H2,1-3H3,(H,21,22). The van der Waals surface area contributed by atoms with Crippen molar-refractivity contribution in [2.75, 3.05) is 5.32 Å². The number of rotatable bonds is 4. The Labute approximate surface area is 141 Å². The smallest absolute Gasteiger partial charge is 0.258 e. The molecule has 0 aliphatic rings. The zero-order valence-corrected chi connectivity index (χ0v) is 14.1. The van der Waals surface area contributed by atoms with Crippen LogP contribution in [0.4, 0.5) is 5.95 Å². The molecule has 0 amide bonds. The first-order valence-corrected chi connectivity index (χ1v) is 7.84. The molecule has 0 unspecified atom stereocenters. The minimum atomic E-state index is -0.0518. The highest BCUT2D eigenvalue weighted by Crippen LogP contribution is 2.20. The fraction of sp³-hybridized carbons (Fsp3) is 0.211. The third-order valence-corrected chi connectivity index (χ3v) is 4.17. The van der Waals surface area contributed by atoms with Crippen LogP contribution >= 0.6 is 0 Å². The van der Waals surface area contributed by atoms with E-state index in [9.17, 15) is 4.79 Å². The molecular weight excluding hydrogens is 300 g/mol. The molecule has 5 nitrogen and oxygen atoms in total. The highest BCUT2D eigenvalue weighted by Gasteiger charge is 2.13. The van der Waals surface area contributed by atoms with Gasteiger partial charge < -0.3 is 5.32 Å². The zero-order chi connectivity index (χ0) is 17.1. The van der Waals surface area contributed by atoms with Crippen molar-refractivity contribution in [1.82, 2.24) is 14.5 Å². The van der Waals surface area contributed by atoms with Crippen molar-refractivity contribution in [3.8, 4) is 11.3 Å². The Balaban J connectivity index is 1.98. The van der Waals surface area contributed by atoms with Crippen LogP contribution in [0, 0.1) is 13.8 Å². The fourth-order valence-electron chi connectivity index (χ4n) is 2.65. The van der Waals surface area contributed by atoms with Gasteiger partial charge in [-0.2, -0.15) is 0 Å². The van der Waals surface area contributed by atoms with Crippen molar-refractivity contribution >= 4 is 5.95 Å². The normalized spacial score (nSPS) is 10.6. The number of benzene rings is 1. The van der Waals surface area contributed by atoms with Gasteiger partial charge >= 0.3 is 0 Å². The Hall–Kier alpha value is -2.95. The molecule has 122 valence electrons. The van der Waals surface area contributed by atoms with Crippen LogP contribution in [-0.4, -0.2) is 14.5 Å². The van der Waals surface area contributed by atoms with Gasteiger partial charge in [-0.05, 0) is 37.1 Å². The fourth-order valence-corrected chi connectivity index (χ4v) is 2.65. The number of pyridine rings is 1. The molecule has 0 radical (unpaired) electrons. The van der Waals surface area contributed by atoms with Gasteiger partial charge in [0.25, 0.3) is 5.56 Å². The number of hydrogen-bond donors (Lipinski definition) is 1. The summed E-state index contributed by atoms with van der Waals surface area (Å²) in [5, 5.41) is 3.28. The maximum absolute atomic E-state index is 12.5. The second kappa shape index (κ2) is 6.66. The first-order valence-electron chi connectivity index (χ1n) is 7.84. The third-order valence-electron chi connectivity index (χ3n) is 4.17. The Kier molecular flexibility index (Phi) is 4.42. The third kappa shape index (κ3) is 3.06. The zero-order valence-electron chi connectivity index (χ0n) is 14.1. The molecule has 2 heterocycles. The summed E-state index contributed by atoms with van der Waals surface area (Å²) in [6.45, 7) is 4.49. The largest absolute Gasteiger partial charge is 0.351 e. The van der Waals surface area contributed by atoms with E-state index in [1.165, 1.54) is 11.1 Å². The van der Waals surface area contributed by atoms with Crippen LogP contribution in [-0.2, 0) is 13.6 Å². The van der Waals surface area contributed by atoms with Gasteiger partial charge in [0.05, 0.1) is 5.69 Å². The molecule has 0 spiro atoms. The van der Waals surface area contributed by atoms with E-state index in [1.807, 2.05) is 24.3 Å². The molecule has 3 aromatic rings. The highest BCUT2D eigenvalue weighted by atomic mass is 16.1. The predicted molar refractivity (Wildman–Crippen MR) is 96.0 cm³/mol. The van der Waals surface area contributed by atoms with Crippen LogP contribution in [0.15, 0.2) is 53.6 Å². The lowest BCUT2D eigenvalue weighted by molar-refractivity contribution is 0.812. The first kappa shape index (κ1) is 15.9. The number of aryl methyl sites for hydroxylation is 1. The van der Waals surface area contributed by atoms with Crippen molar-refractivity contribution in [1.29, 1.82) is 0 Å². The van der Waals surface area contributed by atoms with Crippen molar-refractivity contribution in [2.24, 2.45) is 7.05 Å². The second-order valence-electron chi connectivity index (χ2n) is 5.79. The first-order chi connectivity index (χ1) is 11.6. The van der Waals surface area contributed by atoms with E-state index in [-0.39, 0.29) is 5.56 Å². The number of hydrogen-bond acceptors (Lipinski definition) is 4. The van der Waals surface area contributed by atoms with Crippen molar-refractivity contribution in [2.45, 2.75) is 20.4 Å². The Morgan fingerprint density at radius 2 is 1.79 bits per heavy atom. The molecule has 1 N–H and O–H groups in total. The van der Waals surface area contributed by atoms with E-state index in [2.05, 4.69) is 34.3 Å². The quantitative estimate of drug-likeness (QED) is 0.802. The highest BCUT2D eigenvalue weighted by molar-refractivity contribution is 5.63. The molecule has 0 saturated heterocycles. The van der Waals surface area contributed by atoms with Crippen molar-refractivity contribution in [3.63, 3.8) is 0 Å². The van der Waals surface area contributed by atoms with Gasteiger partial charge in [-0.25, -0.2) is 4.98 Å². The summed E-state index contributed by atoms with van der Waals surface area (Å²) < 4.78 is 1.55. The molecule has 0 aliphatic carbocycles. The maximum Gasteiger partial charge on any atom is 0.258 e. The lowest BCUT2D eigenvalue weighted by Crippen LogP contribution is -2.25. The molecule has 24 heavy (non-hydrogen) atoms. The SMILES string of the molecule is Cc1ccccc1CNc1nc(-c2ccncc2)c(C)c(=O)n1C. The summed E-state index contributed by atoms with van der Waals surface area (Å²) in [6.07, 6.45) is 3.41. The van der Waals surface area contributed by atoms with Gasteiger partial charge in [0.2, 0.25) is 5.95 Å². The summed E-state index contributed by atoms with van der Waals surface area (Å²) in [5.74, 6) is 0.556. The summed E-state index contributed by atoms with van der Waals surface area (Å²) in [5.41, 5.74) is 4.54. The van der Waals surface area contributed by atoms with Gasteiger partial charge in [-0.3, -0.25) is 14.3 Å². The van der Waals surface area contributed by atoms with E-state index in [4.69, 9.17) is 0 Å². The molecule has 0 bridgehead atoms. The summed E-state index contributed by atoms with van der Waals surface area (Å²) in [6, 6.07) is 11.9. The van der Waals surface area contributed by atoms with Gasteiger partial charge in [0.15, 0.2) is 0 Å². The van der Waals surface area contributed by atoms with E-state index in [0.29, 0.717) is 23.8 Å². The minimum absolute atomic E-state index is 0.0518. The summed E-state index contributed by atoms with van der Waals surface area (Å²) in [4.78, 5) is 21.2. The second-order valence-corrected chi connectivity index (χ2v) is 5.79. The van der Waals surface area contributed by atoms with E-state index in [0.717, 1.165) is 5.56 Å². The lowest BCUT2D eigenvalue weighted by atomic mass is 10.1. The molecule has 0 saturated carbocycles. The van der Waals surface area contributed by atoms with Crippen molar-refractivity contribution in [3.05, 3.63) is 75.8 Å². The monoisotopic (exact) mass is 320 g/mol. The van der Waals surface area contributed by atoms with Crippen LogP contribution in [0.25, 0.3) is 11.3 Å². The lowest BCUT2D eigenvalue weighted by Gasteiger charge is -2.14. The van der Waals surface area contributed by atoms with Crippen LogP contribution in [0.3, 0.4) is 0 Å². The number of aromatic nitrogens is 3. The van der Waals surface area contributed by atoms with Gasteiger partial charge in [0, 0.05) is 37.1 Å². The molecule has 0 fully saturated rings. The molecule has 1 aromatic carbocycles. The minimum Gasteiger partial charge on any atom is -0.351 e. The molecule has 5 heteroatoms. The average Bonchev–Trinajstić information content (AvgIpc) is 2.61. The molecule has 3 rings (SSSR count). The molecule has 0 aliphatic heterocycles. The summed E-state index contributed by atoms with van der Waals surface area (Å²) >= 11 is 0. The van der Waals surface area contributed by atoms with E-state index < -0.39 is 0 Å². The number of anilines is 1. The number of nitrogens with one attached hydrogen (secondary N) is 1. The van der Waals surface area contributed by atoms with Gasteiger partial charge in [-0.15, -0.1) is 0 Å².